The average molecular weight is 225 g/mol. The van der Waals surface area contributed by atoms with Crippen molar-refractivity contribution >= 4 is 9.84 Å². The summed E-state index contributed by atoms with van der Waals surface area (Å²) < 4.78 is 23.7. The van der Waals surface area contributed by atoms with E-state index in [-0.39, 0.29) is 5.25 Å². The fourth-order valence-corrected chi connectivity index (χ4v) is 3.63. The van der Waals surface area contributed by atoms with Crippen LogP contribution in [0.3, 0.4) is 0 Å². The average Bonchev–Trinajstić information content (AvgIpc) is 2.38. The number of benzene rings is 1. The van der Waals surface area contributed by atoms with Crippen molar-refractivity contribution in [2.24, 2.45) is 5.73 Å². The van der Waals surface area contributed by atoms with E-state index in [1.807, 2.05) is 12.1 Å². The maximum Gasteiger partial charge on any atom is 0.181 e. The van der Waals surface area contributed by atoms with Gasteiger partial charge in [0.15, 0.2) is 9.84 Å². The van der Waals surface area contributed by atoms with Gasteiger partial charge in [0, 0.05) is 0 Å². The normalized spacial score (nSPS) is 22.7. The van der Waals surface area contributed by atoms with E-state index in [2.05, 4.69) is 0 Å². The van der Waals surface area contributed by atoms with Crippen molar-refractivity contribution in [2.75, 3.05) is 6.54 Å². The molecule has 1 atom stereocenters. The molecule has 0 bridgehead atoms. The maximum absolute atomic E-state index is 11.8. The van der Waals surface area contributed by atoms with Gasteiger partial charge in [-0.3, -0.25) is 0 Å². The molecule has 0 fully saturated rings. The molecule has 15 heavy (non-hydrogen) atoms. The van der Waals surface area contributed by atoms with E-state index in [4.69, 9.17) is 5.73 Å². The molecule has 82 valence electrons. The molecule has 0 spiro atoms. The van der Waals surface area contributed by atoms with Crippen LogP contribution in [0, 0.1) is 0 Å². The summed E-state index contributed by atoms with van der Waals surface area (Å²) in [6.45, 7) is 2.36. The first-order valence-electron chi connectivity index (χ1n) is 5.11. The molecule has 0 saturated heterocycles. The predicted octanol–water partition coefficient (Wildman–Crippen LogP) is 0.906. The minimum Gasteiger partial charge on any atom is -0.330 e. The van der Waals surface area contributed by atoms with Crippen molar-refractivity contribution in [3.8, 4) is 0 Å². The lowest BCUT2D eigenvalue weighted by Crippen LogP contribution is -2.11. The SMILES string of the molecule is CC1Cc2cc(CCN)ccc2S1(=O)=O. The minimum absolute atomic E-state index is 0.277. The fourth-order valence-electron chi connectivity index (χ4n) is 2.03. The monoisotopic (exact) mass is 225 g/mol. The molecule has 0 radical (unpaired) electrons. The van der Waals surface area contributed by atoms with E-state index in [0.717, 1.165) is 17.5 Å². The summed E-state index contributed by atoms with van der Waals surface area (Å²) in [5.41, 5.74) is 7.55. The minimum atomic E-state index is -3.05. The molecule has 0 saturated carbocycles. The number of sulfone groups is 1. The Labute approximate surface area is 90.2 Å². The lowest BCUT2D eigenvalue weighted by Gasteiger charge is -2.02. The molecule has 1 aromatic rings. The highest BCUT2D eigenvalue weighted by Gasteiger charge is 2.33. The summed E-state index contributed by atoms with van der Waals surface area (Å²) in [7, 11) is -3.05. The van der Waals surface area contributed by atoms with Gasteiger partial charge in [0.2, 0.25) is 0 Å². The van der Waals surface area contributed by atoms with E-state index in [0.29, 0.717) is 17.9 Å². The molecule has 0 aromatic heterocycles. The molecule has 1 aliphatic rings. The van der Waals surface area contributed by atoms with Gasteiger partial charge in [-0.15, -0.1) is 0 Å². The number of rotatable bonds is 2. The molecule has 1 unspecified atom stereocenters. The molecule has 3 nitrogen and oxygen atoms in total. The van der Waals surface area contributed by atoms with Crippen LogP contribution in [-0.4, -0.2) is 20.2 Å². The molecule has 1 aliphatic heterocycles. The van der Waals surface area contributed by atoms with Crippen LogP contribution < -0.4 is 5.73 Å². The third-order valence-electron chi connectivity index (χ3n) is 2.90. The van der Waals surface area contributed by atoms with Crippen LogP contribution in [-0.2, 0) is 22.7 Å². The van der Waals surface area contributed by atoms with Gasteiger partial charge in [0.05, 0.1) is 10.1 Å². The molecule has 0 aliphatic carbocycles. The Hall–Kier alpha value is -0.870. The first-order chi connectivity index (χ1) is 7.05. The Kier molecular flexibility index (Phi) is 2.56. The van der Waals surface area contributed by atoms with Gasteiger partial charge in [0.1, 0.15) is 0 Å². The highest BCUT2D eigenvalue weighted by Crippen LogP contribution is 2.31. The number of hydrogen-bond acceptors (Lipinski definition) is 3. The number of hydrogen-bond donors (Lipinski definition) is 1. The zero-order valence-electron chi connectivity index (χ0n) is 8.73. The maximum atomic E-state index is 11.8. The van der Waals surface area contributed by atoms with Crippen molar-refractivity contribution in [1.82, 2.24) is 0 Å². The van der Waals surface area contributed by atoms with Crippen molar-refractivity contribution in [3.63, 3.8) is 0 Å². The summed E-state index contributed by atoms with van der Waals surface area (Å²) in [4.78, 5) is 0.510. The predicted molar refractivity (Wildman–Crippen MR) is 59.6 cm³/mol. The van der Waals surface area contributed by atoms with Crippen molar-refractivity contribution < 1.29 is 8.42 Å². The van der Waals surface area contributed by atoms with Gasteiger partial charge < -0.3 is 5.73 Å². The first-order valence-corrected chi connectivity index (χ1v) is 6.66. The second-order valence-electron chi connectivity index (χ2n) is 4.04. The van der Waals surface area contributed by atoms with E-state index >= 15 is 0 Å². The topological polar surface area (TPSA) is 60.2 Å². The lowest BCUT2D eigenvalue weighted by molar-refractivity contribution is 0.590. The third-order valence-corrected chi connectivity index (χ3v) is 5.14. The molecule has 2 rings (SSSR count). The molecule has 1 aromatic carbocycles. The lowest BCUT2D eigenvalue weighted by atomic mass is 10.1. The van der Waals surface area contributed by atoms with E-state index < -0.39 is 9.84 Å². The highest BCUT2D eigenvalue weighted by molar-refractivity contribution is 7.92. The molecule has 2 N–H and O–H groups in total. The van der Waals surface area contributed by atoms with Gasteiger partial charge >= 0.3 is 0 Å². The van der Waals surface area contributed by atoms with Crippen LogP contribution in [0.25, 0.3) is 0 Å². The molecular formula is C11H15NO2S. The second kappa shape index (κ2) is 3.61. The second-order valence-corrected chi connectivity index (χ2v) is 6.38. The summed E-state index contributed by atoms with van der Waals surface area (Å²) in [6.07, 6.45) is 1.44. The van der Waals surface area contributed by atoms with E-state index in [1.54, 1.807) is 13.0 Å². The summed E-state index contributed by atoms with van der Waals surface area (Å²) in [5.74, 6) is 0. The van der Waals surface area contributed by atoms with Gasteiger partial charge in [0.25, 0.3) is 0 Å². The first kappa shape index (κ1) is 10.6. The zero-order chi connectivity index (χ0) is 11.1. The Morgan fingerprint density at radius 2 is 2.20 bits per heavy atom. The van der Waals surface area contributed by atoms with Crippen LogP contribution in [0.4, 0.5) is 0 Å². The van der Waals surface area contributed by atoms with Crippen molar-refractivity contribution in [3.05, 3.63) is 29.3 Å². The Bertz CT molecular complexity index is 479. The zero-order valence-corrected chi connectivity index (χ0v) is 9.55. The molecule has 1 heterocycles. The van der Waals surface area contributed by atoms with Crippen LogP contribution in [0.5, 0.6) is 0 Å². The number of fused-ring (bicyclic) bond motifs is 1. The standard InChI is InChI=1S/C11H15NO2S/c1-8-6-10-7-9(4-5-12)2-3-11(10)15(8,13)14/h2-3,7-8H,4-6,12H2,1H3. The highest BCUT2D eigenvalue weighted by atomic mass is 32.2. The molecular weight excluding hydrogens is 210 g/mol. The van der Waals surface area contributed by atoms with Crippen LogP contribution in [0.15, 0.2) is 23.1 Å². The van der Waals surface area contributed by atoms with Gasteiger partial charge in [-0.2, -0.15) is 0 Å². The quantitative estimate of drug-likeness (QED) is 0.813. The Morgan fingerprint density at radius 1 is 1.47 bits per heavy atom. The van der Waals surface area contributed by atoms with E-state index in [1.165, 1.54) is 0 Å². The van der Waals surface area contributed by atoms with Gasteiger partial charge in [-0.05, 0) is 43.5 Å². The van der Waals surface area contributed by atoms with Crippen LogP contribution in [0.1, 0.15) is 18.1 Å². The summed E-state index contributed by atoms with van der Waals surface area (Å²) in [5, 5.41) is -0.277. The summed E-state index contributed by atoms with van der Waals surface area (Å²) >= 11 is 0. The largest absolute Gasteiger partial charge is 0.330 e. The molecule has 0 amide bonds. The van der Waals surface area contributed by atoms with Gasteiger partial charge in [-0.1, -0.05) is 12.1 Å². The van der Waals surface area contributed by atoms with E-state index in [9.17, 15) is 8.42 Å². The van der Waals surface area contributed by atoms with Crippen molar-refractivity contribution in [1.29, 1.82) is 0 Å². The summed E-state index contributed by atoms with van der Waals surface area (Å²) in [6, 6.07) is 5.56. The number of nitrogens with two attached hydrogens (primary N) is 1. The van der Waals surface area contributed by atoms with Gasteiger partial charge in [-0.25, -0.2) is 8.42 Å². The Morgan fingerprint density at radius 3 is 2.87 bits per heavy atom. The smallest absolute Gasteiger partial charge is 0.181 e. The fraction of sp³-hybridized carbons (Fsp3) is 0.455. The third kappa shape index (κ3) is 1.68. The van der Waals surface area contributed by atoms with Crippen molar-refractivity contribution in [2.45, 2.75) is 29.9 Å². The Balaban J connectivity index is 2.47. The van der Waals surface area contributed by atoms with Crippen LogP contribution in [0.2, 0.25) is 0 Å². The van der Waals surface area contributed by atoms with Crippen LogP contribution >= 0.6 is 0 Å². The molecule has 4 heteroatoms.